The molecule has 1 aromatic heterocycles. The molecule has 0 aliphatic carbocycles. The van der Waals surface area contributed by atoms with E-state index >= 15 is 0 Å². The van der Waals surface area contributed by atoms with E-state index in [1.807, 2.05) is 13.0 Å². The van der Waals surface area contributed by atoms with E-state index in [9.17, 15) is 25.1 Å². The number of aliphatic hydroxyl groups is 2. The number of nitro groups is 1. The van der Waals surface area contributed by atoms with Crippen LogP contribution in [-0.4, -0.2) is 21.1 Å². The van der Waals surface area contributed by atoms with Gasteiger partial charge in [0, 0.05) is 28.8 Å². The Morgan fingerprint density at radius 3 is 2.28 bits per heavy atom. The number of furan rings is 1. The molecule has 0 saturated heterocycles. The molecule has 0 amide bonds. The van der Waals surface area contributed by atoms with Gasteiger partial charge in [-0.15, -0.1) is 0 Å². The van der Waals surface area contributed by atoms with E-state index in [0.717, 1.165) is 11.3 Å². The summed E-state index contributed by atoms with van der Waals surface area (Å²) < 4.78 is 11.0. The number of ether oxygens (including phenoxy) is 1. The number of non-ortho nitro benzene ring substituents is 1. The predicted molar refractivity (Wildman–Crippen MR) is 101 cm³/mol. The van der Waals surface area contributed by atoms with Gasteiger partial charge in [0.25, 0.3) is 5.69 Å². The van der Waals surface area contributed by atoms with E-state index in [-0.39, 0.29) is 11.3 Å². The molecule has 0 saturated carbocycles. The number of hydrogen-bond acceptors (Lipinski definition) is 7. The highest BCUT2D eigenvalue weighted by Crippen LogP contribution is 2.46. The van der Waals surface area contributed by atoms with E-state index in [4.69, 9.17) is 9.15 Å². The first-order valence-electron chi connectivity index (χ1n) is 8.61. The van der Waals surface area contributed by atoms with Gasteiger partial charge in [0.1, 0.15) is 11.5 Å². The van der Waals surface area contributed by atoms with E-state index in [0.29, 0.717) is 11.3 Å². The van der Waals surface area contributed by atoms with E-state index in [1.165, 1.54) is 24.3 Å². The number of nitrogens with zero attached hydrogens (tertiary/aromatic N) is 1. The molecule has 3 aromatic rings. The second-order valence-electron chi connectivity index (χ2n) is 6.56. The summed E-state index contributed by atoms with van der Waals surface area (Å²) in [6.45, 7) is 1.82. The summed E-state index contributed by atoms with van der Waals surface area (Å²) in [6, 6.07) is 15.5. The SMILES string of the molecule is Cc1ccc(-c2ccc(C3(c4cccc([N+](=O)[O-])c4)OC(=O)C(O)=C3O)cc2)o1. The first kappa shape index (κ1) is 18.3. The Morgan fingerprint density at radius 1 is 1.00 bits per heavy atom. The molecule has 8 heteroatoms. The number of carbonyl (C=O) groups is 1. The summed E-state index contributed by atoms with van der Waals surface area (Å²) in [5.74, 6) is -1.43. The minimum Gasteiger partial charge on any atom is -0.504 e. The molecule has 1 aliphatic rings. The molecule has 2 aromatic carbocycles. The van der Waals surface area contributed by atoms with Gasteiger partial charge in [0.15, 0.2) is 5.76 Å². The molecule has 0 spiro atoms. The van der Waals surface area contributed by atoms with Crippen LogP contribution in [0.2, 0.25) is 0 Å². The first-order valence-corrected chi connectivity index (χ1v) is 8.61. The summed E-state index contributed by atoms with van der Waals surface area (Å²) in [4.78, 5) is 22.6. The van der Waals surface area contributed by atoms with Crippen molar-refractivity contribution >= 4 is 11.7 Å². The smallest absolute Gasteiger partial charge is 0.378 e. The lowest BCUT2D eigenvalue weighted by molar-refractivity contribution is -0.385. The average Bonchev–Trinajstić information content (AvgIpc) is 3.26. The fraction of sp³-hybridized carbons (Fsp3) is 0.0952. The van der Waals surface area contributed by atoms with Gasteiger partial charge < -0.3 is 19.4 Å². The molecular weight excluding hydrogens is 378 g/mol. The summed E-state index contributed by atoms with van der Waals surface area (Å²) in [6.07, 6.45) is 0. The van der Waals surface area contributed by atoms with Gasteiger partial charge in [-0.2, -0.15) is 0 Å². The molecule has 1 atom stereocenters. The Kier molecular flexibility index (Phi) is 4.11. The molecule has 4 rings (SSSR count). The van der Waals surface area contributed by atoms with E-state index < -0.39 is 28.0 Å². The maximum Gasteiger partial charge on any atom is 0.378 e. The lowest BCUT2D eigenvalue weighted by Gasteiger charge is -2.28. The molecule has 2 heterocycles. The van der Waals surface area contributed by atoms with Crippen LogP contribution in [0.25, 0.3) is 11.3 Å². The minimum atomic E-state index is -1.90. The van der Waals surface area contributed by atoms with Gasteiger partial charge >= 0.3 is 5.97 Å². The highest BCUT2D eigenvalue weighted by Gasteiger charge is 2.52. The van der Waals surface area contributed by atoms with Crippen molar-refractivity contribution in [2.45, 2.75) is 12.5 Å². The van der Waals surface area contributed by atoms with Crippen LogP contribution in [-0.2, 0) is 15.1 Å². The Labute approximate surface area is 164 Å². The number of hydrogen-bond donors (Lipinski definition) is 2. The van der Waals surface area contributed by atoms with Gasteiger partial charge in [0.2, 0.25) is 11.4 Å². The number of esters is 1. The monoisotopic (exact) mass is 393 g/mol. The molecule has 0 bridgehead atoms. The Balaban J connectivity index is 1.88. The number of carbonyl (C=O) groups excluding carboxylic acids is 1. The van der Waals surface area contributed by atoms with Crippen LogP contribution >= 0.6 is 0 Å². The highest BCUT2D eigenvalue weighted by molar-refractivity contribution is 5.91. The van der Waals surface area contributed by atoms with Gasteiger partial charge in [0.05, 0.1) is 4.92 Å². The van der Waals surface area contributed by atoms with Crippen LogP contribution < -0.4 is 0 Å². The van der Waals surface area contributed by atoms with Crippen molar-refractivity contribution in [2.24, 2.45) is 0 Å². The zero-order chi connectivity index (χ0) is 20.8. The topological polar surface area (TPSA) is 123 Å². The maximum absolute atomic E-state index is 12.0. The number of rotatable bonds is 4. The summed E-state index contributed by atoms with van der Waals surface area (Å²) in [5, 5.41) is 31.7. The lowest BCUT2D eigenvalue weighted by Crippen LogP contribution is -2.31. The third kappa shape index (κ3) is 2.82. The Morgan fingerprint density at radius 2 is 1.72 bits per heavy atom. The summed E-state index contributed by atoms with van der Waals surface area (Å²) >= 11 is 0. The van der Waals surface area contributed by atoms with Crippen LogP contribution in [0.5, 0.6) is 0 Å². The molecule has 0 fully saturated rings. The molecule has 8 nitrogen and oxygen atoms in total. The van der Waals surface area contributed by atoms with Gasteiger partial charge in [-0.3, -0.25) is 10.1 Å². The van der Waals surface area contributed by atoms with E-state index in [2.05, 4.69) is 0 Å². The average molecular weight is 393 g/mol. The second kappa shape index (κ2) is 6.52. The summed E-state index contributed by atoms with van der Waals surface area (Å²) in [5.41, 5.74) is -0.971. The van der Waals surface area contributed by atoms with Crippen LogP contribution in [0, 0.1) is 17.0 Å². The van der Waals surface area contributed by atoms with Gasteiger partial charge in [-0.25, -0.2) is 4.79 Å². The fourth-order valence-electron chi connectivity index (χ4n) is 3.35. The number of benzene rings is 2. The standard InChI is InChI=1S/C21H15NO7/c1-12-5-10-17(28-12)13-6-8-14(9-7-13)21(19(24)18(23)20(25)29-21)15-3-2-4-16(11-15)22(26)27/h2-11,23-24H,1H3. The molecule has 1 aliphatic heterocycles. The number of cyclic esters (lactones) is 1. The maximum atomic E-state index is 12.0. The van der Waals surface area contributed by atoms with Crippen molar-refractivity contribution < 1.29 is 29.1 Å². The normalized spacial score (nSPS) is 18.7. The van der Waals surface area contributed by atoms with Gasteiger partial charge in [-0.1, -0.05) is 36.4 Å². The van der Waals surface area contributed by atoms with Crippen molar-refractivity contribution in [3.8, 4) is 11.3 Å². The van der Waals surface area contributed by atoms with Gasteiger partial charge in [-0.05, 0) is 19.1 Å². The zero-order valence-corrected chi connectivity index (χ0v) is 15.2. The van der Waals surface area contributed by atoms with Crippen LogP contribution in [0.4, 0.5) is 5.69 Å². The third-order valence-electron chi connectivity index (χ3n) is 4.78. The molecule has 146 valence electrons. The quantitative estimate of drug-likeness (QED) is 0.385. The Hall–Kier alpha value is -4.07. The molecule has 2 N–H and O–H groups in total. The Bertz CT molecular complexity index is 1160. The molecular formula is C21H15NO7. The van der Waals surface area contributed by atoms with Crippen molar-refractivity contribution in [2.75, 3.05) is 0 Å². The van der Waals surface area contributed by atoms with Crippen LogP contribution in [0.15, 0.2) is 76.6 Å². The van der Waals surface area contributed by atoms with Crippen LogP contribution in [0.1, 0.15) is 16.9 Å². The molecule has 0 radical (unpaired) electrons. The third-order valence-corrected chi connectivity index (χ3v) is 4.78. The van der Waals surface area contributed by atoms with Crippen LogP contribution in [0.3, 0.4) is 0 Å². The second-order valence-corrected chi connectivity index (χ2v) is 6.56. The van der Waals surface area contributed by atoms with Crippen molar-refractivity contribution in [1.29, 1.82) is 0 Å². The predicted octanol–water partition coefficient (Wildman–Crippen LogP) is 4.29. The summed E-state index contributed by atoms with van der Waals surface area (Å²) in [7, 11) is 0. The number of aliphatic hydroxyl groups excluding tert-OH is 2. The van der Waals surface area contributed by atoms with Crippen molar-refractivity contribution in [3.05, 3.63) is 99.2 Å². The number of aryl methyl sites for hydroxylation is 1. The molecule has 29 heavy (non-hydrogen) atoms. The highest BCUT2D eigenvalue weighted by atomic mass is 16.6. The minimum absolute atomic E-state index is 0.128. The fourth-order valence-corrected chi connectivity index (χ4v) is 3.35. The number of nitro benzene ring substituents is 1. The van der Waals surface area contributed by atoms with Crippen molar-refractivity contribution in [1.82, 2.24) is 0 Å². The first-order chi connectivity index (χ1) is 13.8. The molecule has 1 unspecified atom stereocenters. The largest absolute Gasteiger partial charge is 0.504 e. The van der Waals surface area contributed by atoms with E-state index in [1.54, 1.807) is 30.3 Å². The van der Waals surface area contributed by atoms with Crippen molar-refractivity contribution in [3.63, 3.8) is 0 Å². The lowest BCUT2D eigenvalue weighted by atomic mass is 9.84. The zero-order valence-electron chi connectivity index (χ0n) is 15.2.